The molecule has 1 saturated heterocycles. The maximum atomic E-state index is 13.7. The third-order valence-electron chi connectivity index (χ3n) is 4.21. The van der Waals surface area contributed by atoms with Crippen LogP contribution in [0.3, 0.4) is 0 Å². The highest BCUT2D eigenvalue weighted by atomic mass is 32.2. The summed E-state index contributed by atoms with van der Waals surface area (Å²) in [7, 11) is 0. The molecule has 0 spiro atoms. The summed E-state index contributed by atoms with van der Waals surface area (Å²) in [6.45, 7) is 1.96. The molecular formula is C20H22FN3O2S. The van der Waals surface area contributed by atoms with Gasteiger partial charge < -0.3 is 10.6 Å². The van der Waals surface area contributed by atoms with Crippen molar-refractivity contribution >= 4 is 29.3 Å². The second-order valence-electron chi connectivity index (χ2n) is 6.54. The molecule has 27 heavy (non-hydrogen) atoms. The van der Waals surface area contributed by atoms with Crippen molar-refractivity contribution < 1.29 is 14.0 Å². The molecule has 5 nitrogen and oxygen atoms in total. The minimum Gasteiger partial charge on any atom is -0.332 e. The van der Waals surface area contributed by atoms with Gasteiger partial charge in [-0.3, -0.25) is 14.9 Å². The van der Waals surface area contributed by atoms with Gasteiger partial charge in [-0.05, 0) is 36.2 Å². The molecule has 2 aromatic carbocycles. The molecule has 3 rings (SSSR count). The van der Waals surface area contributed by atoms with Crippen LogP contribution in [-0.2, 0) is 15.3 Å². The van der Waals surface area contributed by atoms with E-state index in [9.17, 15) is 14.0 Å². The van der Waals surface area contributed by atoms with Gasteiger partial charge >= 0.3 is 0 Å². The molecule has 0 radical (unpaired) electrons. The Hall–Kier alpha value is -2.38. The number of hydrogen-bond donors (Lipinski definition) is 3. The number of thioether (sulfide) groups is 1. The average Bonchev–Trinajstić information content (AvgIpc) is 2.60. The van der Waals surface area contributed by atoms with E-state index < -0.39 is 0 Å². The minimum atomic E-state index is -0.359. The van der Waals surface area contributed by atoms with Gasteiger partial charge in [0.25, 0.3) is 0 Å². The van der Waals surface area contributed by atoms with E-state index >= 15 is 0 Å². The van der Waals surface area contributed by atoms with Crippen molar-refractivity contribution in [1.29, 1.82) is 0 Å². The number of carbonyl (C=O) groups is 2. The minimum absolute atomic E-state index is 0.117. The van der Waals surface area contributed by atoms with Crippen LogP contribution in [0.2, 0.25) is 0 Å². The number of hydrogen-bond acceptors (Lipinski definition) is 4. The number of nitrogens with one attached hydrogen (secondary N) is 3. The van der Waals surface area contributed by atoms with Gasteiger partial charge in [-0.25, -0.2) is 4.39 Å². The lowest BCUT2D eigenvalue weighted by molar-refractivity contribution is -0.124. The molecule has 2 amide bonds. The third kappa shape index (κ3) is 5.80. The summed E-state index contributed by atoms with van der Waals surface area (Å²) in [4.78, 5) is 24.3. The van der Waals surface area contributed by atoms with E-state index in [1.54, 1.807) is 18.2 Å². The van der Waals surface area contributed by atoms with Crippen LogP contribution in [-0.4, -0.2) is 23.4 Å². The van der Waals surface area contributed by atoms with E-state index in [1.807, 2.05) is 31.2 Å². The van der Waals surface area contributed by atoms with Crippen LogP contribution in [0.5, 0.6) is 0 Å². The highest BCUT2D eigenvalue weighted by Gasteiger charge is 2.27. The van der Waals surface area contributed by atoms with Crippen LogP contribution in [0.15, 0.2) is 48.5 Å². The monoisotopic (exact) mass is 387 g/mol. The van der Waals surface area contributed by atoms with Crippen LogP contribution >= 0.6 is 11.8 Å². The van der Waals surface area contributed by atoms with Crippen LogP contribution in [0.25, 0.3) is 0 Å². The first-order chi connectivity index (χ1) is 13.0. The Morgan fingerprint density at radius 2 is 2.07 bits per heavy atom. The number of amides is 2. The lowest BCUT2D eigenvalue weighted by Crippen LogP contribution is -2.55. The summed E-state index contributed by atoms with van der Waals surface area (Å²) in [5.41, 5.74) is 2.03. The van der Waals surface area contributed by atoms with Gasteiger partial charge in [0.1, 0.15) is 11.3 Å². The zero-order valence-electron chi connectivity index (χ0n) is 15.0. The Labute approximate surface area is 162 Å². The molecular weight excluding hydrogens is 365 g/mol. The fraction of sp³-hybridized carbons (Fsp3) is 0.300. The zero-order valence-corrected chi connectivity index (χ0v) is 15.8. The fourth-order valence-electron chi connectivity index (χ4n) is 2.91. The number of benzene rings is 2. The maximum absolute atomic E-state index is 13.7. The van der Waals surface area contributed by atoms with E-state index in [2.05, 4.69) is 16.0 Å². The number of halogens is 1. The Balaban J connectivity index is 1.52. The van der Waals surface area contributed by atoms with Gasteiger partial charge in [0.15, 0.2) is 0 Å². The Bertz CT molecular complexity index is 830. The Morgan fingerprint density at radius 3 is 2.85 bits per heavy atom. The fourth-order valence-corrected chi connectivity index (χ4v) is 4.00. The Morgan fingerprint density at radius 1 is 1.26 bits per heavy atom. The lowest BCUT2D eigenvalue weighted by atomic mass is 10.1. The number of anilines is 1. The summed E-state index contributed by atoms with van der Waals surface area (Å²) in [5, 5.41) is 8.93. The van der Waals surface area contributed by atoms with Crippen molar-refractivity contribution in [2.45, 2.75) is 37.1 Å². The zero-order chi connectivity index (χ0) is 19.2. The van der Waals surface area contributed by atoms with E-state index in [4.69, 9.17) is 0 Å². The number of carbonyl (C=O) groups excluding carboxylic acids is 2. The predicted octanol–water partition coefficient (Wildman–Crippen LogP) is 3.16. The van der Waals surface area contributed by atoms with E-state index in [0.29, 0.717) is 11.3 Å². The molecule has 0 saturated carbocycles. The molecule has 2 unspecified atom stereocenters. The van der Waals surface area contributed by atoms with Crippen molar-refractivity contribution in [3.8, 4) is 0 Å². The summed E-state index contributed by atoms with van der Waals surface area (Å²) >= 11 is 1.39. The number of rotatable bonds is 6. The van der Waals surface area contributed by atoms with Crippen molar-refractivity contribution in [1.82, 2.24) is 10.6 Å². The molecule has 0 aromatic heterocycles. The quantitative estimate of drug-likeness (QED) is 0.712. The van der Waals surface area contributed by atoms with E-state index in [0.717, 1.165) is 11.3 Å². The molecule has 2 atom stereocenters. The highest BCUT2D eigenvalue weighted by molar-refractivity contribution is 7.99. The Kier molecular flexibility index (Phi) is 6.47. The summed E-state index contributed by atoms with van der Waals surface area (Å²) in [6, 6.07) is 13.9. The summed E-state index contributed by atoms with van der Waals surface area (Å²) in [5.74, 6) is -0.104. The highest BCUT2D eigenvalue weighted by Crippen LogP contribution is 2.21. The van der Waals surface area contributed by atoms with Gasteiger partial charge in [-0.1, -0.05) is 30.3 Å². The first-order valence-electron chi connectivity index (χ1n) is 8.76. The smallest absolute Gasteiger partial charge is 0.225 e. The molecule has 7 heteroatoms. The second kappa shape index (κ2) is 9.01. The molecule has 2 aromatic rings. The average molecular weight is 387 g/mol. The largest absolute Gasteiger partial charge is 0.332 e. The standard InChI is InChI=1S/C20H22FN3O2S/c1-13-5-4-7-15(9-13)22-18(25)10-16-11-19(26)24-20(23-16)27-12-14-6-2-3-8-17(14)21/h2-9,16,20,23H,10-12H2,1H3,(H,22,25)(H,24,26). The van der Waals surface area contributed by atoms with Crippen LogP contribution in [0.4, 0.5) is 10.1 Å². The van der Waals surface area contributed by atoms with Crippen molar-refractivity contribution in [2.24, 2.45) is 0 Å². The predicted molar refractivity (Wildman–Crippen MR) is 106 cm³/mol. The van der Waals surface area contributed by atoms with Gasteiger partial charge in [-0.2, -0.15) is 0 Å². The van der Waals surface area contributed by atoms with Crippen molar-refractivity contribution in [3.05, 3.63) is 65.5 Å². The molecule has 0 aliphatic carbocycles. The topological polar surface area (TPSA) is 70.2 Å². The summed E-state index contributed by atoms with van der Waals surface area (Å²) < 4.78 is 13.7. The maximum Gasteiger partial charge on any atom is 0.225 e. The third-order valence-corrected chi connectivity index (χ3v) is 5.27. The second-order valence-corrected chi connectivity index (χ2v) is 7.63. The van der Waals surface area contributed by atoms with E-state index in [1.165, 1.54) is 17.8 Å². The molecule has 1 fully saturated rings. The normalized spacial score (nSPS) is 19.4. The molecule has 142 valence electrons. The molecule has 0 bridgehead atoms. The van der Waals surface area contributed by atoms with Crippen LogP contribution in [0.1, 0.15) is 24.0 Å². The molecule has 1 heterocycles. The summed E-state index contributed by atoms with van der Waals surface area (Å²) in [6.07, 6.45) is 0.427. The van der Waals surface area contributed by atoms with Gasteiger partial charge in [0.05, 0.1) is 0 Å². The van der Waals surface area contributed by atoms with Crippen LogP contribution < -0.4 is 16.0 Å². The molecule has 1 aliphatic rings. The SMILES string of the molecule is Cc1cccc(NC(=O)CC2CC(=O)NC(SCc3ccccc3F)N2)c1. The first-order valence-corrected chi connectivity index (χ1v) is 9.81. The lowest BCUT2D eigenvalue weighted by Gasteiger charge is -2.31. The van der Waals surface area contributed by atoms with E-state index in [-0.39, 0.29) is 42.0 Å². The van der Waals surface area contributed by atoms with Crippen molar-refractivity contribution in [3.63, 3.8) is 0 Å². The molecule has 3 N–H and O–H groups in total. The molecule has 1 aliphatic heterocycles. The number of aryl methyl sites for hydroxylation is 1. The van der Waals surface area contributed by atoms with Gasteiger partial charge in [-0.15, -0.1) is 11.8 Å². The van der Waals surface area contributed by atoms with Crippen molar-refractivity contribution in [2.75, 3.05) is 5.32 Å². The first kappa shape index (κ1) is 19.4. The van der Waals surface area contributed by atoms with Gasteiger partial charge in [0.2, 0.25) is 11.8 Å². The van der Waals surface area contributed by atoms with Crippen LogP contribution in [0, 0.1) is 12.7 Å². The van der Waals surface area contributed by atoms with Gasteiger partial charge in [0, 0.05) is 30.3 Å².